The SMILES string of the molecule is CCc1c(Br)cccc1C1C(=N)CC(c2cccc3ccccc23)C1=O. The van der Waals surface area contributed by atoms with Crippen LogP contribution in [-0.4, -0.2) is 11.5 Å². The molecule has 1 aliphatic carbocycles. The second kappa shape index (κ2) is 6.81. The Kier molecular flexibility index (Phi) is 4.49. The van der Waals surface area contributed by atoms with Gasteiger partial charge in [-0.15, -0.1) is 0 Å². The van der Waals surface area contributed by atoms with E-state index in [2.05, 4.69) is 41.1 Å². The molecule has 2 unspecified atom stereocenters. The van der Waals surface area contributed by atoms with Crippen molar-refractivity contribution in [2.24, 2.45) is 0 Å². The summed E-state index contributed by atoms with van der Waals surface area (Å²) in [6.07, 6.45) is 1.35. The molecule has 26 heavy (non-hydrogen) atoms. The molecule has 0 heterocycles. The summed E-state index contributed by atoms with van der Waals surface area (Å²) in [6.45, 7) is 2.09. The van der Waals surface area contributed by atoms with E-state index < -0.39 is 5.92 Å². The molecule has 130 valence electrons. The van der Waals surface area contributed by atoms with Gasteiger partial charge >= 0.3 is 0 Å². The minimum absolute atomic E-state index is 0.152. The number of rotatable bonds is 3. The van der Waals surface area contributed by atoms with Gasteiger partial charge in [-0.25, -0.2) is 0 Å². The van der Waals surface area contributed by atoms with Crippen LogP contribution in [0.4, 0.5) is 0 Å². The number of carbonyl (C=O) groups is 1. The summed E-state index contributed by atoms with van der Waals surface area (Å²) in [5, 5.41) is 10.8. The topological polar surface area (TPSA) is 40.9 Å². The van der Waals surface area contributed by atoms with Crippen LogP contribution in [0.2, 0.25) is 0 Å². The fourth-order valence-electron chi connectivity index (χ4n) is 4.19. The smallest absolute Gasteiger partial charge is 0.153 e. The lowest BCUT2D eigenvalue weighted by molar-refractivity contribution is -0.119. The third-order valence-corrected chi connectivity index (χ3v) is 6.16. The lowest BCUT2D eigenvalue weighted by Crippen LogP contribution is -2.16. The van der Waals surface area contributed by atoms with Crippen LogP contribution in [0.5, 0.6) is 0 Å². The number of halogens is 1. The molecular formula is C23H20BrNO. The van der Waals surface area contributed by atoms with Gasteiger partial charge in [0.25, 0.3) is 0 Å². The Morgan fingerprint density at radius 2 is 1.69 bits per heavy atom. The standard InChI is InChI=1S/C23H20BrNO/c1-2-15-18(11-6-12-20(15)24)22-21(25)13-19(23(22)26)17-10-5-8-14-7-3-4-9-16(14)17/h3-12,19,22,25H,2,13H2,1H3. The second-order valence-electron chi connectivity index (χ2n) is 6.85. The zero-order valence-electron chi connectivity index (χ0n) is 14.6. The normalized spacial score (nSPS) is 20.1. The molecule has 0 aliphatic heterocycles. The van der Waals surface area contributed by atoms with Crippen molar-refractivity contribution < 1.29 is 4.79 Å². The molecule has 3 heteroatoms. The molecule has 2 atom stereocenters. The fraction of sp³-hybridized carbons (Fsp3) is 0.217. The summed E-state index contributed by atoms with van der Waals surface area (Å²) < 4.78 is 1.02. The highest BCUT2D eigenvalue weighted by atomic mass is 79.9. The number of fused-ring (bicyclic) bond motifs is 1. The summed E-state index contributed by atoms with van der Waals surface area (Å²) in [4.78, 5) is 13.4. The van der Waals surface area contributed by atoms with E-state index in [0.717, 1.165) is 38.4 Å². The highest BCUT2D eigenvalue weighted by Gasteiger charge is 2.41. The first-order valence-electron chi connectivity index (χ1n) is 8.97. The Hall–Kier alpha value is -2.26. The van der Waals surface area contributed by atoms with Gasteiger partial charge in [0, 0.05) is 16.1 Å². The van der Waals surface area contributed by atoms with E-state index in [-0.39, 0.29) is 11.7 Å². The van der Waals surface area contributed by atoms with Crippen LogP contribution in [-0.2, 0) is 11.2 Å². The Morgan fingerprint density at radius 3 is 2.50 bits per heavy atom. The molecule has 4 rings (SSSR count). The van der Waals surface area contributed by atoms with Gasteiger partial charge in [-0.3, -0.25) is 4.79 Å². The van der Waals surface area contributed by atoms with Crippen LogP contribution in [0, 0.1) is 5.41 Å². The van der Waals surface area contributed by atoms with Crippen molar-refractivity contribution in [1.82, 2.24) is 0 Å². The van der Waals surface area contributed by atoms with Gasteiger partial charge in [0.05, 0.1) is 5.92 Å². The zero-order valence-corrected chi connectivity index (χ0v) is 16.2. The number of Topliss-reactive ketones (excluding diaryl/α,β-unsaturated/α-hetero) is 1. The third-order valence-electron chi connectivity index (χ3n) is 5.42. The highest BCUT2D eigenvalue weighted by Crippen LogP contribution is 2.42. The van der Waals surface area contributed by atoms with Crippen molar-refractivity contribution in [3.8, 4) is 0 Å². The first kappa shape index (κ1) is 17.2. The molecule has 0 spiro atoms. The van der Waals surface area contributed by atoms with E-state index in [9.17, 15) is 4.79 Å². The molecule has 0 saturated heterocycles. The van der Waals surface area contributed by atoms with Gasteiger partial charge in [-0.2, -0.15) is 0 Å². The monoisotopic (exact) mass is 405 g/mol. The molecule has 3 aromatic rings. The van der Waals surface area contributed by atoms with E-state index in [1.165, 1.54) is 0 Å². The molecule has 1 saturated carbocycles. The van der Waals surface area contributed by atoms with Crippen LogP contribution < -0.4 is 0 Å². The van der Waals surface area contributed by atoms with Crippen LogP contribution >= 0.6 is 15.9 Å². The van der Waals surface area contributed by atoms with Crippen LogP contribution in [0.15, 0.2) is 65.1 Å². The van der Waals surface area contributed by atoms with Gasteiger partial charge in [-0.1, -0.05) is 77.5 Å². The van der Waals surface area contributed by atoms with Crippen molar-refractivity contribution in [3.05, 3.63) is 81.8 Å². The van der Waals surface area contributed by atoms with Crippen molar-refractivity contribution in [1.29, 1.82) is 5.41 Å². The molecule has 0 bridgehead atoms. The molecular weight excluding hydrogens is 386 g/mol. The van der Waals surface area contributed by atoms with Gasteiger partial charge < -0.3 is 5.41 Å². The molecule has 1 fully saturated rings. The van der Waals surface area contributed by atoms with Crippen molar-refractivity contribution in [2.75, 3.05) is 0 Å². The van der Waals surface area contributed by atoms with Crippen molar-refractivity contribution >= 4 is 38.2 Å². The largest absolute Gasteiger partial charge is 0.309 e. The number of nitrogens with one attached hydrogen (secondary N) is 1. The predicted octanol–water partition coefficient (Wildman–Crippen LogP) is 6.02. The van der Waals surface area contributed by atoms with E-state index >= 15 is 0 Å². The lowest BCUT2D eigenvalue weighted by atomic mass is 9.87. The average Bonchev–Trinajstić information content (AvgIpc) is 2.95. The van der Waals surface area contributed by atoms with Crippen molar-refractivity contribution in [3.63, 3.8) is 0 Å². The summed E-state index contributed by atoms with van der Waals surface area (Å²) in [5.41, 5.74) is 3.70. The van der Waals surface area contributed by atoms with E-state index in [1.54, 1.807) is 0 Å². The number of hydrogen-bond donors (Lipinski definition) is 1. The molecule has 1 aliphatic rings. The average molecular weight is 406 g/mol. The Morgan fingerprint density at radius 1 is 1.00 bits per heavy atom. The molecule has 3 aromatic carbocycles. The summed E-state index contributed by atoms with van der Waals surface area (Å²) in [7, 11) is 0. The summed E-state index contributed by atoms with van der Waals surface area (Å²) in [6, 6.07) is 20.3. The first-order valence-corrected chi connectivity index (χ1v) is 9.77. The molecule has 0 radical (unpaired) electrons. The summed E-state index contributed by atoms with van der Waals surface area (Å²) >= 11 is 3.61. The number of carbonyl (C=O) groups excluding carboxylic acids is 1. The van der Waals surface area contributed by atoms with Crippen LogP contribution in [0.1, 0.15) is 41.9 Å². The number of ketones is 1. The molecule has 1 N–H and O–H groups in total. The van der Waals surface area contributed by atoms with Gasteiger partial charge in [0.15, 0.2) is 5.78 Å². The maximum atomic E-state index is 13.4. The van der Waals surface area contributed by atoms with Crippen LogP contribution in [0.3, 0.4) is 0 Å². The third kappa shape index (κ3) is 2.71. The zero-order chi connectivity index (χ0) is 18.3. The number of hydrogen-bond acceptors (Lipinski definition) is 2. The second-order valence-corrected chi connectivity index (χ2v) is 7.70. The van der Waals surface area contributed by atoms with Gasteiger partial charge in [-0.05, 0) is 46.4 Å². The van der Waals surface area contributed by atoms with Crippen molar-refractivity contribution in [2.45, 2.75) is 31.6 Å². The van der Waals surface area contributed by atoms with E-state index in [0.29, 0.717) is 12.1 Å². The maximum absolute atomic E-state index is 13.4. The van der Waals surface area contributed by atoms with E-state index in [4.69, 9.17) is 5.41 Å². The quantitative estimate of drug-likeness (QED) is 0.567. The predicted molar refractivity (Wildman–Crippen MR) is 110 cm³/mol. The fourth-order valence-corrected chi connectivity index (χ4v) is 4.85. The van der Waals surface area contributed by atoms with E-state index in [1.807, 2.05) is 42.5 Å². The Labute approximate surface area is 161 Å². The van der Waals surface area contributed by atoms with Gasteiger partial charge in [0.2, 0.25) is 0 Å². The highest BCUT2D eigenvalue weighted by molar-refractivity contribution is 9.10. The minimum atomic E-state index is -0.425. The minimum Gasteiger partial charge on any atom is -0.309 e. The molecule has 2 nitrogen and oxygen atoms in total. The van der Waals surface area contributed by atoms with Crippen LogP contribution in [0.25, 0.3) is 10.8 Å². The summed E-state index contributed by atoms with van der Waals surface area (Å²) in [5.74, 6) is -0.507. The Balaban J connectivity index is 1.80. The Bertz CT molecular complexity index is 1020. The molecule has 0 aromatic heterocycles. The lowest BCUT2D eigenvalue weighted by Gasteiger charge is -2.16. The molecule has 0 amide bonds. The van der Waals surface area contributed by atoms with Gasteiger partial charge in [0.1, 0.15) is 0 Å². The number of benzene rings is 3. The first-order chi connectivity index (χ1) is 12.6. The maximum Gasteiger partial charge on any atom is 0.153 e.